The third kappa shape index (κ3) is 44.4. The van der Waals surface area contributed by atoms with Gasteiger partial charge >= 0.3 is 0 Å². The topological polar surface area (TPSA) is 86.3 Å². The van der Waals surface area contributed by atoms with E-state index in [1.807, 2.05) is 4.90 Å². The van der Waals surface area contributed by atoms with Gasteiger partial charge in [-0.3, -0.25) is 9.59 Å². The molecule has 8 heteroatoms. The first-order valence-electron chi connectivity index (χ1n) is 27.5. The van der Waals surface area contributed by atoms with Gasteiger partial charge in [0.2, 0.25) is 11.8 Å². The van der Waals surface area contributed by atoms with Gasteiger partial charge < -0.3 is 29.2 Å². The number of nitrogens with zero attached hydrogens (tertiary/aromatic N) is 1. The summed E-state index contributed by atoms with van der Waals surface area (Å²) in [5.74, 6) is 0.179. The van der Waals surface area contributed by atoms with Crippen molar-refractivity contribution in [2.45, 2.75) is 278 Å². The van der Waals surface area contributed by atoms with Crippen LogP contribution in [0.5, 0.6) is 0 Å². The highest BCUT2D eigenvalue weighted by Crippen LogP contribution is 2.18. The van der Waals surface area contributed by atoms with E-state index in [0.29, 0.717) is 45.9 Å². The number of hydrogen-bond donors (Lipinski definition) is 1. The van der Waals surface area contributed by atoms with Crippen molar-refractivity contribution in [1.29, 1.82) is 0 Å². The molecule has 0 saturated carbocycles. The van der Waals surface area contributed by atoms with Crippen LogP contribution in [-0.4, -0.2) is 88.2 Å². The molecule has 2 amide bonds. The van der Waals surface area contributed by atoms with Crippen LogP contribution >= 0.6 is 0 Å². The molecule has 63 heavy (non-hydrogen) atoms. The Balaban J connectivity index is 4.34. The summed E-state index contributed by atoms with van der Waals surface area (Å²) in [6, 6.07) is 0. The zero-order valence-electron chi connectivity index (χ0n) is 43.5. The van der Waals surface area contributed by atoms with Crippen LogP contribution in [0, 0.1) is 5.92 Å². The van der Waals surface area contributed by atoms with E-state index in [1.54, 1.807) is 7.11 Å². The predicted octanol–water partition coefficient (Wildman–Crippen LogP) is 15.1. The number of methoxy groups -OCH3 is 1. The maximum absolute atomic E-state index is 13.4. The molecule has 0 aromatic heterocycles. The van der Waals surface area contributed by atoms with Crippen molar-refractivity contribution in [2.75, 3.05) is 59.8 Å². The maximum Gasteiger partial charge on any atom is 0.223 e. The minimum atomic E-state index is -0.361. The summed E-state index contributed by atoms with van der Waals surface area (Å²) in [5.41, 5.74) is -0.361. The zero-order valence-corrected chi connectivity index (χ0v) is 43.5. The second kappa shape index (κ2) is 47.3. The standard InChI is InChI=1S/C55H110N2O6/c1-8-10-12-14-16-18-20-22-24-26-28-30-32-34-36-38-46-61-48-44-57(54(59)41-40-53(58)56-43-42-55(5,6)63-50-51(3)52(4)60-7)45-49-62-47-39-37-35-33-31-29-27-25-23-21-19-17-15-13-11-9-2/h51-52H,8-50H2,1-7H3,(H,56,58). The third-order valence-corrected chi connectivity index (χ3v) is 13.2. The summed E-state index contributed by atoms with van der Waals surface area (Å²) >= 11 is 0. The fraction of sp³-hybridized carbons (Fsp3) is 0.964. The van der Waals surface area contributed by atoms with E-state index >= 15 is 0 Å². The van der Waals surface area contributed by atoms with Gasteiger partial charge in [-0.2, -0.15) is 0 Å². The summed E-state index contributed by atoms with van der Waals surface area (Å²) in [4.78, 5) is 27.9. The molecule has 0 spiro atoms. The molecule has 0 aliphatic carbocycles. The lowest BCUT2D eigenvalue weighted by atomic mass is 10.0. The molecule has 0 aliphatic rings. The lowest BCUT2D eigenvalue weighted by molar-refractivity contribution is -0.135. The van der Waals surface area contributed by atoms with Gasteiger partial charge in [-0.05, 0) is 40.0 Å². The summed E-state index contributed by atoms with van der Waals surface area (Å²) in [7, 11) is 1.72. The minimum absolute atomic E-state index is 0.00733. The van der Waals surface area contributed by atoms with Gasteiger partial charge in [0.1, 0.15) is 0 Å². The van der Waals surface area contributed by atoms with E-state index in [9.17, 15) is 9.59 Å². The van der Waals surface area contributed by atoms with E-state index < -0.39 is 0 Å². The molecular formula is C55H110N2O6. The first-order valence-corrected chi connectivity index (χ1v) is 27.5. The molecule has 0 radical (unpaired) electrons. The summed E-state index contributed by atoms with van der Waals surface area (Å²) in [5, 5.41) is 3.00. The second-order valence-electron chi connectivity index (χ2n) is 19.8. The molecule has 0 aromatic rings. The number of amides is 2. The molecule has 0 aliphatic heterocycles. The Morgan fingerprint density at radius 1 is 0.508 bits per heavy atom. The van der Waals surface area contributed by atoms with Gasteiger partial charge in [-0.15, -0.1) is 0 Å². The quantitative estimate of drug-likeness (QED) is 0.0612. The Kier molecular flexibility index (Phi) is 46.4. The Bertz CT molecular complexity index is 921. The zero-order chi connectivity index (χ0) is 46.3. The fourth-order valence-electron chi connectivity index (χ4n) is 8.19. The van der Waals surface area contributed by atoms with Gasteiger partial charge in [-0.1, -0.05) is 213 Å². The summed E-state index contributed by atoms with van der Waals surface area (Å²) < 4.78 is 23.6. The van der Waals surface area contributed by atoms with Crippen molar-refractivity contribution in [2.24, 2.45) is 5.92 Å². The first-order chi connectivity index (χ1) is 30.7. The van der Waals surface area contributed by atoms with E-state index in [4.69, 9.17) is 18.9 Å². The molecule has 0 fully saturated rings. The average Bonchev–Trinajstić information content (AvgIpc) is 3.27. The van der Waals surface area contributed by atoms with Crippen LogP contribution in [0.3, 0.4) is 0 Å². The van der Waals surface area contributed by atoms with Crippen LogP contribution in [0.15, 0.2) is 0 Å². The van der Waals surface area contributed by atoms with Crippen LogP contribution in [-0.2, 0) is 28.5 Å². The number of unbranched alkanes of at least 4 members (excludes halogenated alkanes) is 30. The van der Waals surface area contributed by atoms with E-state index in [0.717, 1.165) is 26.1 Å². The highest BCUT2D eigenvalue weighted by Gasteiger charge is 2.22. The Morgan fingerprint density at radius 2 is 0.857 bits per heavy atom. The number of carbonyl (C=O) groups excluding carboxylic acids is 2. The van der Waals surface area contributed by atoms with Crippen LogP contribution in [0.25, 0.3) is 0 Å². The van der Waals surface area contributed by atoms with Crippen molar-refractivity contribution in [1.82, 2.24) is 10.2 Å². The molecule has 0 saturated heterocycles. The summed E-state index contributed by atoms with van der Waals surface area (Å²) in [6.07, 6.45) is 44.6. The molecule has 0 heterocycles. The van der Waals surface area contributed by atoms with Crippen molar-refractivity contribution >= 4 is 11.8 Å². The lowest BCUT2D eigenvalue weighted by Gasteiger charge is -2.29. The van der Waals surface area contributed by atoms with Crippen molar-refractivity contribution in [3.8, 4) is 0 Å². The van der Waals surface area contributed by atoms with Gasteiger partial charge in [0, 0.05) is 58.7 Å². The number of rotatable bonds is 51. The van der Waals surface area contributed by atoms with Crippen LogP contribution in [0.1, 0.15) is 266 Å². The molecule has 376 valence electrons. The first kappa shape index (κ1) is 61.8. The number of ether oxygens (including phenoxy) is 4. The molecule has 2 unspecified atom stereocenters. The molecule has 0 rings (SSSR count). The Morgan fingerprint density at radius 3 is 1.21 bits per heavy atom. The van der Waals surface area contributed by atoms with E-state index in [-0.39, 0.29) is 42.3 Å². The van der Waals surface area contributed by atoms with Crippen LogP contribution in [0.2, 0.25) is 0 Å². The predicted molar refractivity (Wildman–Crippen MR) is 270 cm³/mol. The van der Waals surface area contributed by atoms with Gasteiger partial charge in [-0.25, -0.2) is 0 Å². The van der Waals surface area contributed by atoms with Gasteiger partial charge in [0.05, 0.1) is 31.5 Å². The summed E-state index contributed by atoms with van der Waals surface area (Å²) in [6.45, 7) is 17.6. The highest BCUT2D eigenvalue weighted by molar-refractivity contribution is 5.83. The number of carbonyl (C=O) groups is 2. The number of nitrogens with one attached hydrogen (secondary N) is 1. The van der Waals surface area contributed by atoms with E-state index in [1.165, 1.54) is 193 Å². The van der Waals surface area contributed by atoms with Crippen molar-refractivity contribution in [3.05, 3.63) is 0 Å². The highest BCUT2D eigenvalue weighted by atomic mass is 16.5. The van der Waals surface area contributed by atoms with Crippen molar-refractivity contribution < 1.29 is 28.5 Å². The molecular weight excluding hydrogens is 785 g/mol. The largest absolute Gasteiger partial charge is 0.381 e. The third-order valence-electron chi connectivity index (χ3n) is 13.2. The van der Waals surface area contributed by atoms with Gasteiger partial charge in [0.15, 0.2) is 0 Å². The van der Waals surface area contributed by atoms with Gasteiger partial charge in [0.25, 0.3) is 0 Å². The molecule has 1 N–H and O–H groups in total. The second-order valence-corrected chi connectivity index (χ2v) is 19.8. The monoisotopic (exact) mass is 895 g/mol. The maximum atomic E-state index is 13.4. The van der Waals surface area contributed by atoms with E-state index in [2.05, 4.69) is 46.9 Å². The molecule has 0 aromatic carbocycles. The lowest BCUT2D eigenvalue weighted by Crippen LogP contribution is -2.38. The molecule has 2 atom stereocenters. The number of hydrogen-bond acceptors (Lipinski definition) is 6. The minimum Gasteiger partial charge on any atom is -0.381 e. The van der Waals surface area contributed by atoms with Crippen LogP contribution in [0.4, 0.5) is 0 Å². The SMILES string of the molecule is CCCCCCCCCCCCCCCCCCOCCN(CCOCCCCCCCCCCCCCCCCCC)C(=O)CCC(=O)NCCC(C)(C)OCC(C)C(C)OC. The smallest absolute Gasteiger partial charge is 0.223 e. The Labute approximate surface area is 393 Å². The Hall–Kier alpha value is -1.22. The molecule has 8 nitrogen and oxygen atoms in total. The fourth-order valence-corrected chi connectivity index (χ4v) is 8.19. The molecule has 0 bridgehead atoms. The van der Waals surface area contributed by atoms with Crippen LogP contribution < -0.4 is 5.32 Å². The average molecular weight is 895 g/mol. The van der Waals surface area contributed by atoms with Crippen molar-refractivity contribution in [3.63, 3.8) is 0 Å². The normalized spacial score (nSPS) is 12.8.